The molecule has 5 amide bonds. The quantitative estimate of drug-likeness (QED) is 0.503. The summed E-state index contributed by atoms with van der Waals surface area (Å²) < 4.78 is 52.3. The van der Waals surface area contributed by atoms with Gasteiger partial charge < -0.3 is 19.1 Å². The van der Waals surface area contributed by atoms with Crippen LogP contribution in [0.2, 0.25) is 0 Å². The smallest absolute Gasteiger partial charge is 0.457 e. The predicted octanol–water partition coefficient (Wildman–Crippen LogP) is 3.88. The van der Waals surface area contributed by atoms with E-state index in [2.05, 4.69) is 15.4 Å². The number of halogens is 3. The number of likely N-dealkylation sites (tertiary alicyclic amines) is 2. The van der Waals surface area contributed by atoms with E-state index in [1.807, 2.05) is 0 Å². The van der Waals surface area contributed by atoms with Gasteiger partial charge in [-0.15, -0.1) is 13.2 Å². The topological polar surface area (TPSA) is 127 Å². The second-order valence-corrected chi connectivity index (χ2v) is 11.6. The van der Waals surface area contributed by atoms with Gasteiger partial charge in [0.25, 0.3) is 11.8 Å². The van der Waals surface area contributed by atoms with E-state index in [-0.39, 0.29) is 22.5 Å². The SMILES string of the molecule is CC(C)(C)OC(=O)N1CCC2(C1)CN(C1(c3ccc(Oc4ccc(OC(F)(F)F)cc4)cc3)C(=O)NC(=O)NC1=O)C2. The van der Waals surface area contributed by atoms with Gasteiger partial charge in [0.05, 0.1) is 0 Å². The van der Waals surface area contributed by atoms with Crippen molar-refractivity contribution in [1.29, 1.82) is 0 Å². The highest BCUT2D eigenvalue weighted by Crippen LogP contribution is 2.47. The molecule has 11 nitrogen and oxygen atoms in total. The van der Waals surface area contributed by atoms with Crippen LogP contribution in [-0.2, 0) is 19.9 Å². The number of alkyl halides is 3. The molecule has 2 aromatic rings. The maximum absolute atomic E-state index is 13.4. The second-order valence-electron chi connectivity index (χ2n) is 11.6. The lowest BCUT2D eigenvalue weighted by Crippen LogP contribution is -2.76. The van der Waals surface area contributed by atoms with Crippen molar-refractivity contribution >= 4 is 23.9 Å². The fourth-order valence-electron chi connectivity index (χ4n) is 5.54. The predicted molar refractivity (Wildman–Crippen MR) is 139 cm³/mol. The fraction of sp³-hybridized carbons (Fsp3) is 0.429. The molecule has 5 rings (SSSR count). The molecule has 0 unspecified atom stereocenters. The molecule has 2 aromatic carbocycles. The van der Waals surface area contributed by atoms with Gasteiger partial charge in [-0.3, -0.25) is 25.1 Å². The van der Waals surface area contributed by atoms with Gasteiger partial charge in [0.1, 0.15) is 22.8 Å². The Bertz CT molecular complexity index is 1380. The van der Waals surface area contributed by atoms with Crippen molar-refractivity contribution < 1.29 is 46.6 Å². The molecule has 14 heteroatoms. The Morgan fingerprint density at radius 3 is 1.88 bits per heavy atom. The molecule has 0 aliphatic carbocycles. The number of benzene rings is 2. The minimum absolute atomic E-state index is 0.228. The monoisotopic (exact) mass is 590 g/mol. The zero-order chi connectivity index (χ0) is 30.5. The summed E-state index contributed by atoms with van der Waals surface area (Å²) in [6.45, 7) is 6.85. The highest BCUT2D eigenvalue weighted by molar-refractivity contribution is 6.22. The normalized spacial score (nSPS) is 20.0. The van der Waals surface area contributed by atoms with Crippen molar-refractivity contribution in [3.63, 3.8) is 0 Å². The highest BCUT2D eigenvalue weighted by Gasteiger charge is 2.63. The molecule has 3 aliphatic rings. The third-order valence-corrected chi connectivity index (χ3v) is 7.29. The summed E-state index contributed by atoms with van der Waals surface area (Å²) in [5.74, 6) is -1.50. The molecule has 1 spiro atoms. The number of rotatable bonds is 5. The molecule has 2 N–H and O–H groups in total. The van der Waals surface area contributed by atoms with Gasteiger partial charge >= 0.3 is 18.5 Å². The first kappa shape index (κ1) is 29.2. The van der Waals surface area contributed by atoms with Crippen LogP contribution in [0.25, 0.3) is 0 Å². The molecule has 0 saturated carbocycles. The summed E-state index contributed by atoms with van der Waals surface area (Å²) >= 11 is 0. The third-order valence-electron chi connectivity index (χ3n) is 7.29. The number of hydrogen-bond acceptors (Lipinski definition) is 8. The van der Waals surface area contributed by atoms with Gasteiger partial charge in [-0.05, 0) is 69.2 Å². The van der Waals surface area contributed by atoms with Gasteiger partial charge in [0.2, 0.25) is 5.54 Å². The molecule has 0 atom stereocenters. The Kier molecular flexibility index (Phi) is 7.08. The molecular weight excluding hydrogens is 561 g/mol. The van der Waals surface area contributed by atoms with E-state index in [1.54, 1.807) is 30.6 Å². The van der Waals surface area contributed by atoms with Crippen molar-refractivity contribution in [3.8, 4) is 17.2 Å². The molecule has 3 heterocycles. The minimum atomic E-state index is -4.82. The number of amides is 5. The van der Waals surface area contributed by atoms with Crippen LogP contribution in [0.5, 0.6) is 17.2 Å². The summed E-state index contributed by atoms with van der Waals surface area (Å²) in [6.07, 6.45) is -4.59. The molecular formula is C28H29F3N4O7. The van der Waals surface area contributed by atoms with Gasteiger partial charge in [-0.25, -0.2) is 9.59 Å². The van der Waals surface area contributed by atoms with Gasteiger partial charge in [0, 0.05) is 31.6 Å². The Labute approximate surface area is 238 Å². The van der Waals surface area contributed by atoms with Crippen LogP contribution in [0.15, 0.2) is 48.5 Å². The molecule has 0 aromatic heterocycles. The number of carbonyl (C=O) groups excluding carboxylic acids is 4. The number of barbiturate groups is 1. The van der Waals surface area contributed by atoms with Crippen molar-refractivity contribution in [3.05, 3.63) is 54.1 Å². The first-order valence-corrected chi connectivity index (χ1v) is 13.1. The van der Waals surface area contributed by atoms with E-state index in [1.165, 1.54) is 36.4 Å². The average Bonchev–Trinajstić information content (AvgIpc) is 3.30. The zero-order valence-corrected chi connectivity index (χ0v) is 23.0. The van der Waals surface area contributed by atoms with E-state index < -0.39 is 47.2 Å². The van der Waals surface area contributed by atoms with Crippen molar-refractivity contribution in [2.45, 2.75) is 44.7 Å². The van der Waals surface area contributed by atoms with Crippen LogP contribution >= 0.6 is 0 Å². The average molecular weight is 591 g/mol. The second kappa shape index (κ2) is 10.2. The van der Waals surface area contributed by atoms with Gasteiger partial charge in [0.15, 0.2) is 0 Å². The number of nitrogens with one attached hydrogen (secondary N) is 2. The lowest BCUT2D eigenvalue weighted by molar-refractivity contribution is -0.274. The first-order valence-electron chi connectivity index (χ1n) is 13.1. The van der Waals surface area contributed by atoms with E-state index >= 15 is 0 Å². The van der Waals surface area contributed by atoms with Crippen LogP contribution < -0.4 is 20.1 Å². The minimum Gasteiger partial charge on any atom is -0.457 e. The van der Waals surface area contributed by atoms with Crippen molar-refractivity contribution in [1.82, 2.24) is 20.4 Å². The molecule has 0 bridgehead atoms. The van der Waals surface area contributed by atoms with E-state index in [4.69, 9.17) is 9.47 Å². The van der Waals surface area contributed by atoms with E-state index in [0.717, 1.165) is 12.1 Å². The maximum atomic E-state index is 13.4. The molecule has 3 saturated heterocycles. The number of ether oxygens (including phenoxy) is 3. The van der Waals surface area contributed by atoms with Crippen LogP contribution in [0, 0.1) is 5.41 Å². The zero-order valence-electron chi connectivity index (χ0n) is 23.0. The van der Waals surface area contributed by atoms with Crippen LogP contribution in [-0.4, -0.2) is 71.9 Å². The first-order chi connectivity index (χ1) is 19.6. The van der Waals surface area contributed by atoms with Gasteiger partial charge in [-0.2, -0.15) is 0 Å². The maximum Gasteiger partial charge on any atom is 0.573 e. The number of hydrogen-bond donors (Lipinski definition) is 2. The van der Waals surface area contributed by atoms with Crippen molar-refractivity contribution in [2.24, 2.45) is 5.41 Å². The van der Waals surface area contributed by atoms with E-state index in [9.17, 15) is 32.3 Å². The lowest BCUT2D eigenvalue weighted by atomic mass is 9.72. The van der Waals surface area contributed by atoms with Crippen LogP contribution in [0.1, 0.15) is 32.8 Å². The Balaban J connectivity index is 1.33. The van der Waals surface area contributed by atoms with E-state index in [0.29, 0.717) is 32.6 Å². The number of carbonyl (C=O) groups is 4. The largest absolute Gasteiger partial charge is 0.573 e. The van der Waals surface area contributed by atoms with Crippen LogP contribution in [0.3, 0.4) is 0 Å². The van der Waals surface area contributed by atoms with Crippen molar-refractivity contribution in [2.75, 3.05) is 26.2 Å². The summed E-state index contributed by atoms with van der Waals surface area (Å²) in [5, 5.41) is 4.39. The fourth-order valence-corrected chi connectivity index (χ4v) is 5.54. The molecule has 3 fully saturated rings. The van der Waals surface area contributed by atoms with Gasteiger partial charge in [-0.1, -0.05) is 12.1 Å². The number of imide groups is 2. The summed E-state index contributed by atoms with van der Waals surface area (Å²) in [4.78, 5) is 54.6. The summed E-state index contributed by atoms with van der Waals surface area (Å²) in [6, 6.07) is 9.91. The highest BCUT2D eigenvalue weighted by atomic mass is 19.4. The molecule has 224 valence electrons. The standard InChI is InChI=1S/C28H29F3N4O7/c1-25(2,3)42-24(39)34-13-12-26(14-34)15-35(16-26)27(21(36)32-23(38)33-22(27)37)17-4-6-18(7-5-17)40-19-8-10-20(11-9-19)41-28(29,30)31/h4-11H,12-16H2,1-3H3,(H2,32,33,36,37,38). The summed E-state index contributed by atoms with van der Waals surface area (Å²) in [5.41, 5.74) is -2.57. The van der Waals surface area contributed by atoms with Crippen LogP contribution in [0.4, 0.5) is 22.8 Å². The Hall–Kier alpha value is -4.33. The lowest BCUT2D eigenvalue weighted by Gasteiger charge is -2.56. The Morgan fingerprint density at radius 1 is 0.833 bits per heavy atom. The molecule has 3 aliphatic heterocycles. The summed E-state index contributed by atoms with van der Waals surface area (Å²) in [7, 11) is 0. The number of nitrogens with zero attached hydrogens (tertiary/aromatic N) is 2. The molecule has 42 heavy (non-hydrogen) atoms. The molecule has 0 radical (unpaired) electrons. The number of urea groups is 1. The Morgan fingerprint density at radius 2 is 1.36 bits per heavy atom. The third kappa shape index (κ3) is 5.71.